The Kier molecular flexibility index (Phi) is 3.36. The van der Waals surface area contributed by atoms with Gasteiger partial charge in [-0.25, -0.2) is 0 Å². The summed E-state index contributed by atoms with van der Waals surface area (Å²) in [6.07, 6.45) is -4.33. The summed E-state index contributed by atoms with van der Waals surface area (Å²) in [6.45, 7) is 1.53. The monoisotopic (exact) mass is 211 g/mol. The van der Waals surface area contributed by atoms with Gasteiger partial charge in [0, 0.05) is 13.1 Å². The molecule has 1 N–H and O–H groups in total. The molecular formula is C8H12F3NO2. The van der Waals surface area contributed by atoms with Crippen LogP contribution >= 0.6 is 0 Å². The summed E-state index contributed by atoms with van der Waals surface area (Å²) in [6, 6.07) is 0. The average Bonchev–Trinajstić information content (AvgIpc) is 2.50. The van der Waals surface area contributed by atoms with E-state index in [0.717, 1.165) is 0 Å². The third kappa shape index (κ3) is 2.37. The Labute approximate surface area is 79.6 Å². The van der Waals surface area contributed by atoms with Crippen molar-refractivity contribution in [3.63, 3.8) is 0 Å². The largest absolute Gasteiger partial charge is 0.466 e. The van der Waals surface area contributed by atoms with E-state index >= 15 is 0 Å². The Morgan fingerprint density at radius 2 is 2.14 bits per heavy atom. The van der Waals surface area contributed by atoms with Crippen LogP contribution in [0.5, 0.6) is 0 Å². The zero-order valence-corrected chi connectivity index (χ0v) is 7.73. The lowest BCUT2D eigenvalue weighted by molar-refractivity contribution is -0.189. The number of carbonyl (C=O) groups is 1. The molecule has 1 saturated heterocycles. The van der Waals surface area contributed by atoms with Gasteiger partial charge in [0.2, 0.25) is 0 Å². The summed E-state index contributed by atoms with van der Waals surface area (Å²) >= 11 is 0. The second-order valence-corrected chi connectivity index (χ2v) is 3.16. The van der Waals surface area contributed by atoms with Gasteiger partial charge in [0.15, 0.2) is 0 Å². The van der Waals surface area contributed by atoms with Crippen LogP contribution in [-0.2, 0) is 9.53 Å². The highest BCUT2D eigenvalue weighted by Crippen LogP contribution is 2.34. The zero-order valence-electron chi connectivity index (χ0n) is 7.73. The molecule has 1 fully saturated rings. The molecule has 0 amide bonds. The molecule has 0 bridgehead atoms. The number of ether oxygens (including phenoxy) is 1. The first kappa shape index (κ1) is 11.3. The lowest BCUT2D eigenvalue weighted by atomic mass is 9.96. The highest BCUT2D eigenvalue weighted by molar-refractivity contribution is 5.73. The lowest BCUT2D eigenvalue weighted by Crippen LogP contribution is -2.34. The van der Waals surface area contributed by atoms with Gasteiger partial charge >= 0.3 is 12.1 Å². The average molecular weight is 211 g/mol. The Morgan fingerprint density at radius 1 is 1.50 bits per heavy atom. The predicted molar refractivity (Wildman–Crippen MR) is 42.5 cm³/mol. The summed E-state index contributed by atoms with van der Waals surface area (Å²) in [5, 5.41) is 2.55. The molecule has 0 spiro atoms. The Hall–Kier alpha value is -0.780. The first-order chi connectivity index (χ1) is 6.46. The molecule has 0 aromatic carbocycles. The molecule has 14 heavy (non-hydrogen) atoms. The van der Waals surface area contributed by atoms with Crippen LogP contribution in [0.3, 0.4) is 0 Å². The Balaban J connectivity index is 2.64. The maximum Gasteiger partial charge on any atom is 0.393 e. The third-order valence-corrected chi connectivity index (χ3v) is 2.22. The van der Waals surface area contributed by atoms with Crippen molar-refractivity contribution >= 4 is 5.97 Å². The maximum absolute atomic E-state index is 12.4. The molecule has 0 unspecified atom stereocenters. The van der Waals surface area contributed by atoms with E-state index in [4.69, 9.17) is 0 Å². The van der Waals surface area contributed by atoms with Crippen molar-refractivity contribution in [3.05, 3.63) is 0 Å². The van der Waals surface area contributed by atoms with Gasteiger partial charge in [0.05, 0.1) is 18.4 Å². The topological polar surface area (TPSA) is 38.3 Å². The van der Waals surface area contributed by atoms with Gasteiger partial charge < -0.3 is 10.1 Å². The zero-order chi connectivity index (χ0) is 10.8. The molecule has 82 valence electrons. The standard InChI is InChI=1S/C8H12F3NO2/c1-2-14-7(13)5-3-12-4-6(5)8(9,10)11/h5-6,12H,2-4H2,1H3/t5-,6-/m1/s1. The van der Waals surface area contributed by atoms with Crippen molar-refractivity contribution in [1.29, 1.82) is 0 Å². The van der Waals surface area contributed by atoms with Crippen molar-refractivity contribution < 1.29 is 22.7 Å². The van der Waals surface area contributed by atoms with Gasteiger partial charge in [-0.3, -0.25) is 4.79 Å². The number of carbonyl (C=O) groups excluding carboxylic acids is 1. The van der Waals surface area contributed by atoms with Gasteiger partial charge in [0.25, 0.3) is 0 Å². The fourth-order valence-corrected chi connectivity index (χ4v) is 1.52. The SMILES string of the molecule is CCOC(=O)[C@@H]1CNC[C@H]1C(F)(F)F. The van der Waals surface area contributed by atoms with Crippen LogP contribution < -0.4 is 5.32 Å². The van der Waals surface area contributed by atoms with Gasteiger partial charge in [0.1, 0.15) is 0 Å². The number of hydrogen-bond acceptors (Lipinski definition) is 3. The van der Waals surface area contributed by atoms with Crippen LogP contribution in [-0.4, -0.2) is 31.8 Å². The second kappa shape index (κ2) is 4.16. The summed E-state index contributed by atoms with van der Waals surface area (Å²) < 4.78 is 41.7. The molecule has 6 heteroatoms. The van der Waals surface area contributed by atoms with Crippen LogP contribution in [0.2, 0.25) is 0 Å². The number of hydrogen-bond donors (Lipinski definition) is 1. The number of esters is 1. The minimum atomic E-state index is -4.33. The van der Waals surface area contributed by atoms with Gasteiger partial charge in [-0.2, -0.15) is 13.2 Å². The molecule has 1 aliphatic rings. The van der Waals surface area contributed by atoms with Gasteiger partial charge in [-0.15, -0.1) is 0 Å². The van der Waals surface area contributed by atoms with Gasteiger partial charge in [-0.1, -0.05) is 0 Å². The normalized spacial score (nSPS) is 27.7. The minimum absolute atomic E-state index is 0.0447. The van der Waals surface area contributed by atoms with Crippen molar-refractivity contribution in [2.45, 2.75) is 13.1 Å². The van der Waals surface area contributed by atoms with E-state index in [9.17, 15) is 18.0 Å². The summed E-state index contributed by atoms with van der Waals surface area (Å²) in [4.78, 5) is 11.1. The fourth-order valence-electron chi connectivity index (χ4n) is 1.52. The molecule has 0 aromatic rings. The molecule has 0 aliphatic carbocycles. The number of halogens is 3. The van der Waals surface area contributed by atoms with Crippen LogP contribution in [0, 0.1) is 11.8 Å². The van der Waals surface area contributed by atoms with E-state index in [1.165, 1.54) is 0 Å². The van der Waals surface area contributed by atoms with Crippen LogP contribution in [0.15, 0.2) is 0 Å². The van der Waals surface area contributed by atoms with Crippen molar-refractivity contribution in [3.8, 4) is 0 Å². The number of rotatable bonds is 2. The molecule has 1 rings (SSSR count). The molecule has 0 saturated carbocycles. The number of alkyl halides is 3. The van der Waals surface area contributed by atoms with E-state index in [2.05, 4.69) is 10.1 Å². The van der Waals surface area contributed by atoms with Crippen LogP contribution in [0.25, 0.3) is 0 Å². The first-order valence-electron chi connectivity index (χ1n) is 4.41. The molecular weight excluding hydrogens is 199 g/mol. The molecule has 1 heterocycles. The van der Waals surface area contributed by atoms with Crippen LogP contribution in [0.1, 0.15) is 6.92 Å². The summed E-state index contributed by atoms with van der Waals surface area (Å²) in [5.41, 5.74) is 0. The Morgan fingerprint density at radius 3 is 2.64 bits per heavy atom. The molecule has 2 atom stereocenters. The van der Waals surface area contributed by atoms with E-state index < -0.39 is 24.0 Å². The minimum Gasteiger partial charge on any atom is -0.466 e. The smallest absolute Gasteiger partial charge is 0.393 e. The second-order valence-electron chi connectivity index (χ2n) is 3.16. The number of nitrogens with one attached hydrogen (secondary N) is 1. The molecule has 0 radical (unpaired) electrons. The Bertz CT molecular complexity index is 217. The van der Waals surface area contributed by atoms with E-state index in [0.29, 0.717) is 0 Å². The molecule has 0 aromatic heterocycles. The highest BCUT2D eigenvalue weighted by Gasteiger charge is 2.50. The molecule has 1 aliphatic heterocycles. The van der Waals surface area contributed by atoms with E-state index in [1.54, 1.807) is 6.92 Å². The maximum atomic E-state index is 12.4. The summed E-state index contributed by atoms with van der Waals surface area (Å²) in [5.74, 6) is -3.46. The highest BCUT2D eigenvalue weighted by atomic mass is 19.4. The quantitative estimate of drug-likeness (QED) is 0.691. The van der Waals surface area contributed by atoms with E-state index in [-0.39, 0.29) is 19.7 Å². The fraction of sp³-hybridized carbons (Fsp3) is 0.875. The molecule has 3 nitrogen and oxygen atoms in total. The van der Waals surface area contributed by atoms with Crippen molar-refractivity contribution in [2.75, 3.05) is 19.7 Å². The summed E-state index contributed by atoms with van der Waals surface area (Å²) in [7, 11) is 0. The van der Waals surface area contributed by atoms with Crippen molar-refractivity contribution in [2.24, 2.45) is 11.8 Å². The van der Waals surface area contributed by atoms with Gasteiger partial charge in [-0.05, 0) is 6.92 Å². The van der Waals surface area contributed by atoms with Crippen molar-refractivity contribution in [1.82, 2.24) is 5.32 Å². The van der Waals surface area contributed by atoms with Crippen LogP contribution in [0.4, 0.5) is 13.2 Å². The third-order valence-electron chi connectivity index (χ3n) is 2.22. The first-order valence-corrected chi connectivity index (χ1v) is 4.41. The lowest BCUT2D eigenvalue weighted by Gasteiger charge is -2.19. The van der Waals surface area contributed by atoms with E-state index in [1.807, 2.05) is 0 Å². The predicted octanol–water partition coefficient (Wildman–Crippen LogP) is 0.947.